The molecule has 0 fully saturated rings. The highest BCUT2D eigenvalue weighted by Gasteiger charge is 2.50. The summed E-state index contributed by atoms with van der Waals surface area (Å²) in [5.41, 5.74) is 1.20. The third-order valence-corrected chi connectivity index (χ3v) is 11.0. The number of esters is 1. The highest BCUT2D eigenvalue weighted by Crippen LogP contribution is 2.36. The summed E-state index contributed by atoms with van der Waals surface area (Å²) in [5, 5.41) is 12.8. The monoisotopic (exact) mass is 476 g/mol. The van der Waals surface area contributed by atoms with Gasteiger partial charge < -0.3 is 14.3 Å². The lowest BCUT2D eigenvalue weighted by Crippen LogP contribution is -2.67. The van der Waals surface area contributed by atoms with Crippen molar-refractivity contribution in [3.8, 4) is 0 Å². The lowest BCUT2D eigenvalue weighted by molar-refractivity contribution is -0.147. The van der Waals surface area contributed by atoms with Crippen LogP contribution >= 0.6 is 0 Å². The van der Waals surface area contributed by atoms with Gasteiger partial charge in [0.2, 0.25) is 0 Å². The average molecular weight is 477 g/mol. The first-order valence-electron chi connectivity index (χ1n) is 12.0. The summed E-state index contributed by atoms with van der Waals surface area (Å²) in [6, 6.07) is 30.7. The van der Waals surface area contributed by atoms with Gasteiger partial charge in [0.05, 0.1) is 6.61 Å². The minimum Gasteiger partial charge on any atom is -0.463 e. The van der Waals surface area contributed by atoms with Crippen molar-refractivity contribution in [2.75, 3.05) is 13.2 Å². The molecule has 4 nitrogen and oxygen atoms in total. The van der Waals surface area contributed by atoms with Gasteiger partial charge in [0.25, 0.3) is 8.32 Å². The molecule has 0 aliphatic rings. The molecule has 0 saturated heterocycles. The SMILES string of the molecule is CC(C)(C)[Si](OCC(O)COC(=O)CCCc1ccccc1)(c1ccccc1)c1ccccc1. The molecular formula is C29H36O4Si. The van der Waals surface area contributed by atoms with Crippen molar-refractivity contribution < 1.29 is 19.1 Å². The number of rotatable bonds is 11. The van der Waals surface area contributed by atoms with Crippen molar-refractivity contribution in [2.45, 2.75) is 51.2 Å². The molecule has 1 atom stereocenters. The first-order valence-corrected chi connectivity index (χ1v) is 13.9. The first-order chi connectivity index (χ1) is 16.3. The van der Waals surface area contributed by atoms with Gasteiger partial charge in [0.1, 0.15) is 12.7 Å². The molecule has 1 unspecified atom stereocenters. The normalized spacial score (nSPS) is 12.8. The standard InChI is InChI=1S/C29H36O4Si/c1-29(2,3)34(26-17-9-5-10-18-26,27-19-11-6-12-20-27)33-23-25(30)22-32-28(31)21-13-16-24-14-7-4-8-15-24/h4-12,14-15,17-20,25,30H,13,16,21-23H2,1-3H3. The van der Waals surface area contributed by atoms with E-state index in [4.69, 9.17) is 9.16 Å². The molecule has 5 heteroatoms. The lowest BCUT2D eigenvalue weighted by atomic mass is 10.1. The quantitative estimate of drug-likeness (QED) is 0.327. The maximum absolute atomic E-state index is 12.2. The molecule has 3 rings (SSSR count). The van der Waals surface area contributed by atoms with Crippen LogP contribution in [0.3, 0.4) is 0 Å². The van der Waals surface area contributed by atoms with Crippen molar-refractivity contribution in [1.29, 1.82) is 0 Å². The van der Waals surface area contributed by atoms with E-state index in [1.54, 1.807) is 0 Å². The van der Waals surface area contributed by atoms with E-state index in [1.807, 2.05) is 54.6 Å². The first kappa shape index (κ1) is 25.9. The van der Waals surface area contributed by atoms with Crippen LogP contribution in [-0.2, 0) is 20.4 Å². The van der Waals surface area contributed by atoms with Gasteiger partial charge in [-0.05, 0) is 33.8 Å². The molecule has 0 spiro atoms. The van der Waals surface area contributed by atoms with Crippen LogP contribution < -0.4 is 10.4 Å². The number of ether oxygens (including phenoxy) is 1. The van der Waals surface area contributed by atoms with Crippen LogP contribution in [0.15, 0.2) is 91.0 Å². The van der Waals surface area contributed by atoms with Crippen molar-refractivity contribution >= 4 is 24.7 Å². The Morgan fingerprint density at radius 1 is 0.824 bits per heavy atom. The fraction of sp³-hybridized carbons (Fsp3) is 0.345. The lowest BCUT2D eigenvalue weighted by Gasteiger charge is -2.43. The second-order valence-corrected chi connectivity index (χ2v) is 14.0. The molecule has 1 N–H and O–H groups in total. The molecule has 0 bridgehead atoms. The van der Waals surface area contributed by atoms with E-state index in [2.05, 4.69) is 57.2 Å². The molecule has 0 heterocycles. The van der Waals surface area contributed by atoms with Crippen LogP contribution in [0.2, 0.25) is 5.04 Å². The number of aliphatic hydroxyl groups excluding tert-OH is 1. The van der Waals surface area contributed by atoms with Crippen molar-refractivity contribution in [3.63, 3.8) is 0 Å². The fourth-order valence-electron chi connectivity index (χ4n) is 4.37. The van der Waals surface area contributed by atoms with Gasteiger partial charge in [-0.1, -0.05) is 112 Å². The van der Waals surface area contributed by atoms with E-state index in [0.717, 1.165) is 23.2 Å². The topological polar surface area (TPSA) is 55.8 Å². The van der Waals surface area contributed by atoms with E-state index >= 15 is 0 Å². The van der Waals surface area contributed by atoms with Crippen LogP contribution in [-0.4, -0.2) is 38.7 Å². The Hall–Kier alpha value is -2.73. The summed E-state index contributed by atoms with van der Waals surface area (Å²) in [7, 11) is -2.73. The zero-order chi connectivity index (χ0) is 24.4. The third kappa shape index (κ3) is 6.66. The number of aryl methyl sites for hydroxylation is 1. The minimum atomic E-state index is -2.73. The molecule has 0 radical (unpaired) electrons. The van der Waals surface area contributed by atoms with E-state index in [0.29, 0.717) is 6.42 Å². The fourth-order valence-corrected chi connectivity index (χ4v) is 8.97. The molecule has 3 aromatic rings. The molecule has 3 aromatic carbocycles. The Morgan fingerprint density at radius 2 is 1.32 bits per heavy atom. The number of carbonyl (C=O) groups is 1. The van der Waals surface area contributed by atoms with Crippen LogP contribution in [0.1, 0.15) is 39.2 Å². The number of aliphatic hydroxyl groups is 1. The summed E-state index contributed by atoms with van der Waals surface area (Å²) in [4.78, 5) is 12.2. The molecule has 0 aromatic heterocycles. The van der Waals surface area contributed by atoms with Gasteiger partial charge in [0.15, 0.2) is 0 Å². The number of hydrogen-bond acceptors (Lipinski definition) is 4. The van der Waals surface area contributed by atoms with E-state index in [-0.39, 0.29) is 24.2 Å². The van der Waals surface area contributed by atoms with Crippen LogP contribution in [0, 0.1) is 0 Å². The van der Waals surface area contributed by atoms with E-state index in [1.165, 1.54) is 5.56 Å². The summed E-state index contributed by atoms with van der Waals surface area (Å²) < 4.78 is 12.0. The molecule has 0 aliphatic heterocycles. The van der Waals surface area contributed by atoms with Crippen LogP contribution in [0.25, 0.3) is 0 Å². The summed E-state index contributed by atoms with van der Waals surface area (Å²) in [6.07, 6.45) is 0.990. The van der Waals surface area contributed by atoms with Crippen LogP contribution in [0.5, 0.6) is 0 Å². The largest absolute Gasteiger partial charge is 0.463 e. The Morgan fingerprint density at radius 3 is 1.82 bits per heavy atom. The van der Waals surface area contributed by atoms with Gasteiger partial charge in [0, 0.05) is 6.42 Å². The maximum atomic E-state index is 12.2. The second-order valence-electron chi connectivity index (χ2n) is 9.65. The zero-order valence-corrected chi connectivity index (χ0v) is 21.4. The van der Waals surface area contributed by atoms with Crippen LogP contribution in [0.4, 0.5) is 0 Å². The summed E-state index contributed by atoms with van der Waals surface area (Å²) >= 11 is 0. The molecule has 180 valence electrons. The number of carbonyl (C=O) groups excluding carboxylic acids is 1. The predicted molar refractivity (Wildman–Crippen MR) is 140 cm³/mol. The van der Waals surface area contributed by atoms with Gasteiger partial charge in [-0.2, -0.15) is 0 Å². The Labute approximate surface area is 204 Å². The zero-order valence-electron chi connectivity index (χ0n) is 20.4. The van der Waals surface area contributed by atoms with Gasteiger partial charge in [-0.15, -0.1) is 0 Å². The molecule has 0 aliphatic carbocycles. The molecule has 0 saturated carbocycles. The smallest absolute Gasteiger partial charge is 0.305 e. The molecular weight excluding hydrogens is 440 g/mol. The van der Waals surface area contributed by atoms with Crippen molar-refractivity contribution in [3.05, 3.63) is 96.6 Å². The third-order valence-electron chi connectivity index (χ3n) is 6.03. The summed E-state index contributed by atoms with van der Waals surface area (Å²) in [5.74, 6) is -0.291. The molecule has 34 heavy (non-hydrogen) atoms. The predicted octanol–water partition coefficient (Wildman–Crippen LogP) is 4.49. The minimum absolute atomic E-state index is 0.0671. The number of benzene rings is 3. The van der Waals surface area contributed by atoms with E-state index in [9.17, 15) is 9.90 Å². The van der Waals surface area contributed by atoms with Crippen molar-refractivity contribution in [2.24, 2.45) is 0 Å². The van der Waals surface area contributed by atoms with Gasteiger partial charge in [-0.3, -0.25) is 4.79 Å². The van der Waals surface area contributed by atoms with Crippen molar-refractivity contribution in [1.82, 2.24) is 0 Å². The van der Waals surface area contributed by atoms with Gasteiger partial charge in [-0.25, -0.2) is 0 Å². The number of hydrogen-bond donors (Lipinski definition) is 1. The second kappa shape index (κ2) is 12.1. The highest BCUT2D eigenvalue weighted by molar-refractivity contribution is 6.99. The Balaban J connectivity index is 1.62. The average Bonchev–Trinajstić information content (AvgIpc) is 2.84. The summed E-state index contributed by atoms with van der Waals surface area (Å²) in [6.45, 7) is 6.61. The molecule has 0 amide bonds. The van der Waals surface area contributed by atoms with E-state index < -0.39 is 14.4 Å². The Bertz CT molecular complexity index is 961. The highest BCUT2D eigenvalue weighted by atomic mass is 28.4. The van der Waals surface area contributed by atoms with Gasteiger partial charge >= 0.3 is 5.97 Å². The Kier molecular flexibility index (Phi) is 9.22. The maximum Gasteiger partial charge on any atom is 0.305 e.